The highest BCUT2D eigenvalue weighted by Crippen LogP contribution is 2.36. The van der Waals surface area contributed by atoms with Crippen LogP contribution in [0.1, 0.15) is 16.7 Å². The lowest BCUT2D eigenvalue weighted by Gasteiger charge is -2.36. The molecule has 0 unspecified atom stereocenters. The minimum Gasteiger partial charge on any atom is -0.487 e. The Morgan fingerprint density at radius 1 is 1.00 bits per heavy atom. The van der Waals surface area contributed by atoms with Crippen LogP contribution in [-0.4, -0.2) is 59.6 Å². The fourth-order valence-corrected chi connectivity index (χ4v) is 7.49. The van der Waals surface area contributed by atoms with Gasteiger partial charge < -0.3 is 14.5 Å². The van der Waals surface area contributed by atoms with E-state index in [-0.39, 0.29) is 24.0 Å². The van der Waals surface area contributed by atoms with Gasteiger partial charge in [0.1, 0.15) is 18.9 Å². The molecule has 3 amide bonds. The summed E-state index contributed by atoms with van der Waals surface area (Å²) in [5.74, 6) is -0.186. The molecule has 8 nitrogen and oxygen atoms in total. The highest BCUT2D eigenvalue weighted by molar-refractivity contribution is 14.1. The quantitative estimate of drug-likeness (QED) is 0.223. The van der Waals surface area contributed by atoms with E-state index in [0.29, 0.717) is 43.1 Å². The Morgan fingerprint density at radius 3 is 2.44 bits per heavy atom. The fraction of sp³-hybridized carbons (Fsp3) is 0.200. The van der Waals surface area contributed by atoms with Crippen molar-refractivity contribution in [2.45, 2.75) is 6.61 Å². The average molecular weight is 790 g/mol. The molecule has 2 fully saturated rings. The molecule has 0 N–H and O–H groups in total. The van der Waals surface area contributed by atoms with Gasteiger partial charge in [0.2, 0.25) is 5.91 Å². The number of carbonyl (C=O) groups is 3. The van der Waals surface area contributed by atoms with Gasteiger partial charge in [-0.1, -0.05) is 36.4 Å². The normalized spacial score (nSPS) is 16.3. The molecule has 5 rings (SSSR count). The molecule has 208 valence electrons. The van der Waals surface area contributed by atoms with Gasteiger partial charge in [0, 0.05) is 46.6 Å². The van der Waals surface area contributed by atoms with Gasteiger partial charge in [-0.3, -0.25) is 19.3 Å². The van der Waals surface area contributed by atoms with E-state index < -0.39 is 11.1 Å². The number of thioether (sulfide) groups is 1. The first-order valence-electron chi connectivity index (χ1n) is 12.8. The lowest BCUT2D eigenvalue weighted by molar-refractivity contribution is -0.136. The van der Waals surface area contributed by atoms with Gasteiger partial charge in [0.05, 0.1) is 20.1 Å². The molecule has 0 spiro atoms. The third kappa shape index (κ3) is 6.87. The monoisotopic (exact) mass is 790 g/mol. The summed E-state index contributed by atoms with van der Waals surface area (Å²) >= 11 is 5.18. The van der Waals surface area contributed by atoms with Crippen LogP contribution >= 0.6 is 56.9 Å². The Bertz CT molecular complexity index is 1570. The number of hydrogen-bond donors (Lipinski definition) is 0. The molecule has 2 aliphatic heterocycles. The van der Waals surface area contributed by atoms with E-state index >= 15 is 0 Å². The zero-order chi connectivity index (χ0) is 28.9. The van der Waals surface area contributed by atoms with Gasteiger partial charge in [0.15, 0.2) is 0 Å². The van der Waals surface area contributed by atoms with Gasteiger partial charge in [0.25, 0.3) is 11.1 Å². The molecular formula is C30H24I2N4O4S. The van der Waals surface area contributed by atoms with Crippen molar-refractivity contribution in [3.63, 3.8) is 0 Å². The molecule has 3 aromatic rings. The third-order valence-electron chi connectivity index (χ3n) is 6.75. The number of benzene rings is 3. The van der Waals surface area contributed by atoms with Gasteiger partial charge in [-0.15, -0.1) is 0 Å². The predicted octanol–water partition coefficient (Wildman–Crippen LogP) is 5.73. The highest BCUT2D eigenvalue weighted by Gasteiger charge is 2.37. The molecule has 0 aliphatic carbocycles. The van der Waals surface area contributed by atoms with Crippen LogP contribution in [0, 0.1) is 18.5 Å². The highest BCUT2D eigenvalue weighted by atomic mass is 127. The average Bonchev–Trinajstić information content (AvgIpc) is 3.24. The Hall–Kier alpha value is -3.09. The third-order valence-corrected chi connectivity index (χ3v) is 9.09. The number of ether oxygens (including phenoxy) is 1. The molecule has 0 atom stereocenters. The molecule has 0 radical (unpaired) electrons. The van der Waals surface area contributed by atoms with Crippen LogP contribution in [0.2, 0.25) is 0 Å². The molecule has 0 saturated carbocycles. The predicted molar refractivity (Wildman–Crippen MR) is 175 cm³/mol. The minimum absolute atomic E-state index is 0.175. The zero-order valence-electron chi connectivity index (χ0n) is 21.8. The van der Waals surface area contributed by atoms with Crippen molar-refractivity contribution in [1.82, 2.24) is 9.80 Å². The Morgan fingerprint density at radius 2 is 1.71 bits per heavy atom. The van der Waals surface area contributed by atoms with Crippen LogP contribution in [0.3, 0.4) is 0 Å². The molecule has 2 aliphatic rings. The van der Waals surface area contributed by atoms with E-state index in [1.165, 1.54) is 0 Å². The van der Waals surface area contributed by atoms with Crippen LogP contribution in [-0.2, 0) is 16.2 Å². The number of hydrogen-bond acceptors (Lipinski definition) is 7. The molecule has 0 aromatic heterocycles. The number of anilines is 1. The molecular weight excluding hydrogens is 766 g/mol. The summed E-state index contributed by atoms with van der Waals surface area (Å²) < 4.78 is 7.91. The van der Waals surface area contributed by atoms with E-state index in [1.807, 2.05) is 54.6 Å². The van der Waals surface area contributed by atoms with Gasteiger partial charge >= 0.3 is 0 Å². The van der Waals surface area contributed by atoms with Gasteiger partial charge in [-0.25, -0.2) is 0 Å². The summed E-state index contributed by atoms with van der Waals surface area (Å²) in [5, 5.41) is 8.94. The SMILES string of the molecule is N#Cc1ccccc1COc1c(I)cc(I)cc1/C=C1/SC(=O)N(CC(=O)N2CCN(c3ccccc3)CC2)C1=O. The van der Waals surface area contributed by atoms with Gasteiger partial charge in [-0.05, 0) is 93.4 Å². The van der Waals surface area contributed by atoms with Crippen LogP contribution < -0.4 is 9.64 Å². The van der Waals surface area contributed by atoms with Crippen LogP contribution in [0.4, 0.5) is 10.5 Å². The Labute approximate surface area is 269 Å². The van der Waals surface area contributed by atoms with Crippen LogP contribution in [0.15, 0.2) is 71.6 Å². The standard InChI is InChI=1S/C30H24I2N4O4S/c31-23-14-22(28(25(32)16-23)40-19-21-7-5-4-6-20(21)17-33)15-26-29(38)36(30(39)41-26)18-27(37)35-12-10-34(11-13-35)24-8-2-1-3-9-24/h1-9,14-16H,10-13,18-19H2/b26-15+. The van der Waals surface area contributed by atoms with Crippen molar-refractivity contribution < 1.29 is 19.1 Å². The van der Waals surface area contributed by atoms with E-state index in [2.05, 4.69) is 56.2 Å². The summed E-state index contributed by atoms with van der Waals surface area (Å²) in [6, 6.07) is 23.2. The van der Waals surface area contributed by atoms with Crippen molar-refractivity contribution in [2.75, 3.05) is 37.6 Å². The first-order valence-corrected chi connectivity index (χ1v) is 15.7. The number of amides is 3. The maximum Gasteiger partial charge on any atom is 0.294 e. The smallest absolute Gasteiger partial charge is 0.294 e. The topological polar surface area (TPSA) is 93.9 Å². The molecule has 0 bridgehead atoms. The maximum atomic E-state index is 13.3. The summed E-state index contributed by atoms with van der Waals surface area (Å²) in [7, 11) is 0. The number of para-hydroxylation sites is 1. The number of carbonyl (C=O) groups excluding carboxylic acids is 3. The van der Waals surface area contributed by atoms with Crippen molar-refractivity contribution in [2.24, 2.45) is 0 Å². The van der Waals surface area contributed by atoms with E-state index in [0.717, 1.165) is 35.1 Å². The van der Waals surface area contributed by atoms with Crippen molar-refractivity contribution in [1.29, 1.82) is 5.26 Å². The summed E-state index contributed by atoms with van der Waals surface area (Å²) in [5.41, 5.74) is 3.03. The molecule has 2 heterocycles. The fourth-order valence-electron chi connectivity index (χ4n) is 4.61. The molecule has 11 heteroatoms. The number of nitrogens with zero attached hydrogens (tertiary/aromatic N) is 4. The number of halogens is 2. The van der Waals surface area contributed by atoms with Crippen LogP contribution in [0.5, 0.6) is 5.75 Å². The lowest BCUT2D eigenvalue weighted by Crippen LogP contribution is -2.51. The number of piperazine rings is 1. The van der Waals surface area contributed by atoms with E-state index in [1.54, 1.807) is 23.1 Å². The van der Waals surface area contributed by atoms with Crippen molar-refractivity contribution in [3.8, 4) is 11.8 Å². The van der Waals surface area contributed by atoms with E-state index in [9.17, 15) is 19.6 Å². The number of rotatable bonds is 7. The summed E-state index contributed by atoms with van der Waals surface area (Å²) in [6.07, 6.45) is 1.64. The van der Waals surface area contributed by atoms with E-state index in [4.69, 9.17) is 4.74 Å². The van der Waals surface area contributed by atoms with Crippen LogP contribution in [0.25, 0.3) is 6.08 Å². The molecule has 3 aromatic carbocycles. The summed E-state index contributed by atoms with van der Waals surface area (Å²) in [6.45, 7) is 2.31. The second-order valence-electron chi connectivity index (χ2n) is 9.33. The lowest BCUT2D eigenvalue weighted by atomic mass is 10.1. The minimum atomic E-state index is -0.495. The Balaban J connectivity index is 1.27. The first-order chi connectivity index (χ1) is 19.8. The maximum absolute atomic E-state index is 13.3. The van der Waals surface area contributed by atoms with Crippen molar-refractivity contribution >= 4 is 85.8 Å². The molecule has 41 heavy (non-hydrogen) atoms. The first kappa shape index (κ1) is 29.4. The van der Waals surface area contributed by atoms with Gasteiger partial charge in [-0.2, -0.15) is 5.26 Å². The largest absolute Gasteiger partial charge is 0.487 e. The zero-order valence-corrected chi connectivity index (χ0v) is 26.9. The number of nitriles is 1. The second kappa shape index (κ2) is 13.3. The van der Waals surface area contributed by atoms with Crippen molar-refractivity contribution in [3.05, 3.63) is 95.5 Å². The summed E-state index contributed by atoms with van der Waals surface area (Å²) in [4.78, 5) is 44.3. The molecule has 2 saturated heterocycles. The Kier molecular flexibility index (Phi) is 9.51. The number of imide groups is 1. The second-order valence-corrected chi connectivity index (χ2v) is 12.7.